The summed E-state index contributed by atoms with van der Waals surface area (Å²) in [4.78, 5) is 17.8. The van der Waals surface area contributed by atoms with Crippen LogP contribution in [0.3, 0.4) is 0 Å². The molecule has 5 rings (SSSR count). The normalized spacial score (nSPS) is 11.2. The second-order valence-corrected chi connectivity index (χ2v) is 9.59. The van der Waals surface area contributed by atoms with Gasteiger partial charge in [0.25, 0.3) is 5.91 Å². The Labute approximate surface area is 200 Å². The molecular formula is C24H13BrCl2N2OS. The lowest BCUT2D eigenvalue weighted by Gasteiger charge is -2.12. The minimum atomic E-state index is -0.247. The van der Waals surface area contributed by atoms with Gasteiger partial charge < -0.3 is 5.32 Å². The van der Waals surface area contributed by atoms with Crippen LogP contribution in [0.25, 0.3) is 31.6 Å². The topological polar surface area (TPSA) is 42.0 Å². The number of nitrogens with zero attached hydrogens (tertiary/aromatic N) is 1. The number of rotatable bonds is 3. The van der Waals surface area contributed by atoms with E-state index in [0.717, 1.165) is 36.0 Å². The van der Waals surface area contributed by atoms with Gasteiger partial charge in [0.2, 0.25) is 0 Å². The molecule has 0 saturated carbocycles. The van der Waals surface area contributed by atoms with Crippen molar-refractivity contribution in [3.8, 4) is 10.6 Å². The van der Waals surface area contributed by atoms with E-state index >= 15 is 0 Å². The Balaban J connectivity index is 1.55. The fourth-order valence-corrected chi connectivity index (χ4v) is 5.53. The Hall–Kier alpha value is -2.44. The molecule has 3 nitrogen and oxygen atoms in total. The molecule has 0 fully saturated rings. The molecule has 0 saturated heterocycles. The molecular weight excluding hydrogens is 515 g/mol. The number of thiazole rings is 1. The zero-order valence-corrected chi connectivity index (χ0v) is 19.7. The van der Waals surface area contributed by atoms with E-state index in [2.05, 4.69) is 26.2 Å². The predicted octanol–water partition coefficient (Wildman–Crippen LogP) is 8.44. The largest absolute Gasteiger partial charge is 0.321 e. The molecule has 7 heteroatoms. The lowest BCUT2D eigenvalue weighted by Crippen LogP contribution is -2.13. The summed E-state index contributed by atoms with van der Waals surface area (Å²) in [7, 11) is 0. The van der Waals surface area contributed by atoms with E-state index < -0.39 is 0 Å². The highest BCUT2D eigenvalue weighted by molar-refractivity contribution is 9.10. The fraction of sp³-hybridized carbons (Fsp3) is 0. The summed E-state index contributed by atoms with van der Waals surface area (Å²) in [5, 5.41) is 6.38. The molecule has 1 heterocycles. The number of benzene rings is 4. The number of para-hydroxylation sites is 1. The van der Waals surface area contributed by atoms with Crippen molar-refractivity contribution >= 4 is 83.1 Å². The van der Waals surface area contributed by atoms with Gasteiger partial charge in [-0.2, -0.15) is 0 Å². The molecule has 0 aliphatic carbocycles. The molecule has 4 aromatic carbocycles. The van der Waals surface area contributed by atoms with E-state index in [4.69, 9.17) is 23.2 Å². The van der Waals surface area contributed by atoms with Crippen LogP contribution in [0, 0.1) is 0 Å². The van der Waals surface area contributed by atoms with Crippen LogP contribution in [0.2, 0.25) is 10.0 Å². The van der Waals surface area contributed by atoms with Crippen molar-refractivity contribution < 1.29 is 4.79 Å². The number of carbonyl (C=O) groups excluding carboxylic acids is 1. The minimum absolute atomic E-state index is 0.247. The Morgan fingerprint density at radius 1 is 0.903 bits per heavy atom. The van der Waals surface area contributed by atoms with Crippen LogP contribution < -0.4 is 5.32 Å². The van der Waals surface area contributed by atoms with E-state index in [1.54, 1.807) is 29.5 Å². The first-order chi connectivity index (χ1) is 15.0. The van der Waals surface area contributed by atoms with Crippen LogP contribution in [0.1, 0.15) is 10.4 Å². The minimum Gasteiger partial charge on any atom is -0.321 e. The smallest absolute Gasteiger partial charge is 0.256 e. The molecule has 0 bridgehead atoms. The molecule has 0 unspecified atom stereocenters. The summed E-state index contributed by atoms with van der Waals surface area (Å²) in [6.45, 7) is 0. The van der Waals surface area contributed by atoms with E-state index in [9.17, 15) is 4.79 Å². The van der Waals surface area contributed by atoms with Gasteiger partial charge in [-0.3, -0.25) is 4.79 Å². The third-order valence-electron chi connectivity index (χ3n) is 4.94. The van der Waals surface area contributed by atoms with Crippen molar-refractivity contribution in [3.05, 3.63) is 92.9 Å². The number of hydrogen-bond acceptors (Lipinski definition) is 3. The zero-order valence-electron chi connectivity index (χ0n) is 15.8. The van der Waals surface area contributed by atoms with Crippen molar-refractivity contribution in [1.82, 2.24) is 4.98 Å². The summed E-state index contributed by atoms with van der Waals surface area (Å²) in [6, 6.07) is 22.7. The van der Waals surface area contributed by atoms with Gasteiger partial charge in [0, 0.05) is 15.6 Å². The quantitative estimate of drug-likeness (QED) is 0.256. The Bertz CT molecular complexity index is 1450. The predicted molar refractivity (Wildman–Crippen MR) is 135 cm³/mol. The Morgan fingerprint density at radius 2 is 1.68 bits per heavy atom. The lowest BCUT2D eigenvalue weighted by molar-refractivity contribution is 0.102. The number of aromatic nitrogens is 1. The molecule has 0 aliphatic rings. The summed E-state index contributed by atoms with van der Waals surface area (Å²) >= 11 is 18.0. The molecule has 1 amide bonds. The molecule has 152 valence electrons. The van der Waals surface area contributed by atoms with E-state index in [-0.39, 0.29) is 5.91 Å². The van der Waals surface area contributed by atoms with Crippen LogP contribution >= 0.6 is 50.5 Å². The monoisotopic (exact) mass is 526 g/mol. The number of amides is 1. The highest BCUT2D eigenvalue weighted by Gasteiger charge is 2.17. The van der Waals surface area contributed by atoms with Crippen LogP contribution in [-0.4, -0.2) is 10.9 Å². The van der Waals surface area contributed by atoms with Gasteiger partial charge in [0.05, 0.1) is 25.9 Å². The number of nitrogens with one attached hydrogen (secondary N) is 1. The fourth-order valence-electron chi connectivity index (χ4n) is 3.46. The molecule has 1 aromatic heterocycles. The Kier molecular flexibility index (Phi) is 5.44. The molecule has 0 atom stereocenters. The SMILES string of the molecule is O=C(Nc1cc(-c2nc3ccccc3s2)c(Cl)cc1Cl)c1cccc2c(Br)cccc12. The third-order valence-corrected chi connectivity index (χ3v) is 7.33. The number of anilines is 1. The molecule has 31 heavy (non-hydrogen) atoms. The summed E-state index contributed by atoms with van der Waals surface area (Å²) in [6.07, 6.45) is 0. The molecule has 5 aromatic rings. The Morgan fingerprint density at radius 3 is 2.52 bits per heavy atom. The molecule has 0 radical (unpaired) electrons. The van der Waals surface area contributed by atoms with Gasteiger partial charge in [0.15, 0.2) is 0 Å². The summed E-state index contributed by atoms with van der Waals surface area (Å²) < 4.78 is 2.00. The average molecular weight is 528 g/mol. The first kappa shape index (κ1) is 20.5. The number of halogens is 3. The number of fused-ring (bicyclic) bond motifs is 2. The van der Waals surface area contributed by atoms with Crippen LogP contribution in [0.4, 0.5) is 5.69 Å². The van der Waals surface area contributed by atoms with E-state index in [1.807, 2.05) is 54.6 Å². The van der Waals surface area contributed by atoms with Crippen molar-refractivity contribution in [3.63, 3.8) is 0 Å². The first-order valence-corrected chi connectivity index (χ1v) is 11.7. The summed E-state index contributed by atoms with van der Waals surface area (Å²) in [5.41, 5.74) is 2.67. The van der Waals surface area contributed by atoms with E-state index in [1.165, 1.54) is 0 Å². The van der Waals surface area contributed by atoms with Gasteiger partial charge in [-0.05, 0) is 47.2 Å². The highest BCUT2D eigenvalue weighted by Crippen LogP contribution is 2.39. The van der Waals surface area contributed by atoms with Crippen molar-refractivity contribution in [2.45, 2.75) is 0 Å². The van der Waals surface area contributed by atoms with Gasteiger partial charge in [0.1, 0.15) is 5.01 Å². The molecule has 0 spiro atoms. The van der Waals surface area contributed by atoms with Crippen molar-refractivity contribution in [2.75, 3.05) is 5.32 Å². The average Bonchev–Trinajstić information content (AvgIpc) is 3.19. The summed E-state index contributed by atoms with van der Waals surface area (Å²) in [5.74, 6) is -0.247. The zero-order chi connectivity index (χ0) is 21.5. The van der Waals surface area contributed by atoms with Crippen LogP contribution in [-0.2, 0) is 0 Å². The standard InChI is InChI=1S/C24H13BrCl2N2OS/c25-17-8-4-5-13-14(17)6-3-7-15(13)23(30)28-21-11-16(18(26)12-19(21)27)24-29-20-9-1-2-10-22(20)31-24/h1-12H,(H,28,30). The van der Waals surface area contributed by atoms with Crippen molar-refractivity contribution in [2.24, 2.45) is 0 Å². The van der Waals surface area contributed by atoms with Crippen LogP contribution in [0.15, 0.2) is 77.3 Å². The van der Waals surface area contributed by atoms with Gasteiger partial charge >= 0.3 is 0 Å². The number of carbonyl (C=O) groups is 1. The maximum Gasteiger partial charge on any atom is 0.256 e. The lowest BCUT2D eigenvalue weighted by atomic mass is 10.0. The van der Waals surface area contributed by atoms with E-state index in [0.29, 0.717) is 21.3 Å². The molecule has 1 N–H and O–H groups in total. The van der Waals surface area contributed by atoms with Gasteiger partial charge in [-0.15, -0.1) is 11.3 Å². The maximum atomic E-state index is 13.1. The van der Waals surface area contributed by atoms with Gasteiger partial charge in [-0.25, -0.2) is 4.98 Å². The maximum absolute atomic E-state index is 13.1. The van der Waals surface area contributed by atoms with Crippen LogP contribution in [0.5, 0.6) is 0 Å². The van der Waals surface area contributed by atoms with Gasteiger partial charge in [-0.1, -0.05) is 75.5 Å². The molecule has 0 aliphatic heterocycles. The second-order valence-electron chi connectivity index (χ2n) is 6.89. The third kappa shape index (κ3) is 3.83. The number of hydrogen-bond donors (Lipinski definition) is 1. The second kappa shape index (κ2) is 8.24. The highest BCUT2D eigenvalue weighted by atomic mass is 79.9. The van der Waals surface area contributed by atoms with Crippen molar-refractivity contribution in [1.29, 1.82) is 0 Å². The first-order valence-electron chi connectivity index (χ1n) is 9.35.